The van der Waals surface area contributed by atoms with Gasteiger partial charge >= 0.3 is 0 Å². The third-order valence-corrected chi connectivity index (χ3v) is 7.02. The summed E-state index contributed by atoms with van der Waals surface area (Å²) in [6.07, 6.45) is 3.67. The van der Waals surface area contributed by atoms with Gasteiger partial charge in [-0.3, -0.25) is 9.36 Å². The van der Waals surface area contributed by atoms with Crippen molar-refractivity contribution < 1.29 is 0 Å². The minimum Gasteiger partial charge on any atom is -0.309 e. The van der Waals surface area contributed by atoms with Gasteiger partial charge in [0, 0.05) is 22.3 Å². The van der Waals surface area contributed by atoms with Crippen molar-refractivity contribution >= 4 is 44.9 Å². The molecule has 0 bridgehead atoms. The van der Waals surface area contributed by atoms with Crippen LogP contribution in [0.5, 0.6) is 0 Å². The summed E-state index contributed by atoms with van der Waals surface area (Å²) in [4.78, 5) is 26.3. The van der Waals surface area contributed by atoms with E-state index in [1.165, 1.54) is 11.8 Å². The maximum absolute atomic E-state index is 12.4. The first-order valence-corrected chi connectivity index (χ1v) is 10.5. The standard InChI is InChI=1S/C19H17ClN4OS2/c1-10-12(3)27-18-16(10)17(25)22-15(23-18)9-26-19-21-7-8-24(19)14-6-4-5-13(20)11(14)2/h4-8H,9H2,1-3H3,(H,22,23,25). The van der Waals surface area contributed by atoms with Gasteiger partial charge < -0.3 is 4.98 Å². The minimum absolute atomic E-state index is 0.0773. The number of benzene rings is 1. The number of hydrogen-bond acceptors (Lipinski definition) is 5. The zero-order valence-corrected chi connectivity index (χ0v) is 17.4. The number of aromatic nitrogens is 4. The summed E-state index contributed by atoms with van der Waals surface area (Å²) in [5, 5.41) is 2.24. The molecule has 138 valence electrons. The van der Waals surface area contributed by atoms with Crippen LogP contribution in [0.3, 0.4) is 0 Å². The van der Waals surface area contributed by atoms with Gasteiger partial charge in [-0.2, -0.15) is 0 Å². The Morgan fingerprint density at radius 3 is 2.89 bits per heavy atom. The predicted molar refractivity (Wildman–Crippen MR) is 113 cm³/mol. The van der Waals surface area contributed by atoms with E-state index in [-0.39, 0.29) is 5.56 Å². The van der Waals surface area contributed by atoms with Crippen molar-refractivity contribution in [2.45, 2.75) is 31.7 Å². The van der Waals surface area contributed by atoms with Crippen molar-refractivity contribution in [3.63, 3.8) is 0 Å². The lowest BCUT2D eigenvalue weighted by Crippen LogP contribution is -2.11. The van der Waals surface area contributed by atoms with Gasteiger partial charge in [-0.15, -0.1) is 11.3 Å². The van der Waals surface area contributed by atoms with Crippen LogP contribution < -0.4 is 5.56 Å². The lowest BCUT2D eigenvalue weighted by Gasteiger charge is -2.11. The molecule has 4 aromatic rings. The molecule has 27 heavy (non-hydrogen) atoms. The van der Waals surface area contributed by atoms with Crippen molar-refractivity contribution in [1.82, 2.24) is 19.5 Å². The second kappa shape index (κ2) is 7.14. The van der Waals surface area contributed by atoms with Crippen LogP contribution in [-0.2, 0) is 5.75 Å². The van der Waals surface area contributed by atoms with Gasteiger partial charge in [-0.05, 0) is 44.0 Å². The first-order valence-electron chi connectivity index (χ1n) is 8.36. The second-order valence-electron chi connectivity index (χ2n) is 6.23. The van der Waals surface area contributed by atoms with E-state index in [0.29, 0.717) is 17.0 Å². The highest BCUT2D eigenvalue weighted by Crippen LogP contribution is 2.29. The van der Waals surface area contributed by atoms with Crippen LogP contribution in [0.25, 0.3) is 15.9 Å². The van der Waals surface area contributed by atoms with Crippen LogP contribution in [0, 0.1) is 20.8 Å². The molecule has 0 radical (unpaired) electrons. The fourth-order valence-corrected chi connectivity index (χ4v) is 4.99. The molecular weight excluding hydrogens is 400 g/mol. The number of aromatic amines is 1. The van der Waals surface area contributed by atoms with Crippen molar-refractivity contribution in [3.05, 3.63) is 67.8 Å². The minimum atomic E-state index is -0.0773. The van der Waals surface area contributed by atoms with E-state index in [1.54, 1.807) is 17.5 Å². The van der Waals surface area contributed by atoms with Gasteiger partial charge in [0.2, 0.25) is 0 Å². The number of H-pyrrole nitrogens is 1. The molecular formula is C19H17ClN4OS2. The zero-order chi connectivity index (χ0) is 19.1. The maximum Gasteiger partial charge on any atom is 0.259 e. The molecule has 8 heteroatoms. The number of hydrogen-bond donors (Lipinski definition) is 1. The van der Waals surface area contributed by atoms with Gasteiger partial charge in [-0.25, -0.2) is 9.97 Å². The average Bonchev–Trinajstić information content (AvgIpc) is 3.20. The van der Waals surface area contributed by atoms with Crippen molar-refractivity contribution in [2.75, 3.05) is 0 Å². The Morgan fingerprint density at radius 2 is 2.07 bits per heavy atom. The lowest BCUT2D eigenvalue weighted by atomic mass is 10.2. The number of halogens is 1. The van der Waals surface area contributed by atoms with E-state index in [0.717, 1.165) is 36.7 Å². The summed E-state index contributed by atoms with van der Waals surface area (Å²) in [5.74, 6) is 1.17. The SMILES string of the molecule is Cc1sc2nc(CSc3nccn3-c3cccc(Cl)c3C)[nH]c(=O)c2c1C. The molecule has 0 fully saturated rings. The number of thioether (sulfide) groups is 1. The number of nitrogens with zero attached hydrogens (tertiary/aromatic N) is 3. The van der Waals surface area contributed by atoms with Gasteiger partial charge in [0.05, 0.1) is 16.8 Å². The molecule has 0 saturated carbocycles. The largest absolute Gasteiger partial charge is 0.309 e. The van der Waals surface area contributed by atoms with Crippen LogP contribution >= 0.6 is 34.7 Å². The van der Waals surface area contributed by atoms with E-state index in [2.05, 4.69) is 15.0 Å². The Bertz CT molecular complexity index is 1210. The summed E-state index contributed by atoms with van der Waals surface area (Å²) in [6.45, 7) is 5.96. The lowest BCUT2D eigenvalue weighted by molar-refractivity contribution is 0.885. The van der Waals surface area contributed by atoms with Crippen LogP contribution in [-0.4, -0.2) is 19.5 Å². The molecule has 0 spiro atoms. The average molecular weight is 417 g/mol. The number of nitrogens with one attached hydrogen (secondary N) is 1. The van der Waals surface area contributed by atoms with E-state index < -0.39 is 0 Å². The highest BCUT2D eigenvalue weighted by atomic mass is 35.5. The Balaban J connectivity index is 1.64. The molecule has 0 amide bonds. The first kappa shape index (κ1) is 18.3. The summed E-state index contributed by atoms with van der Waals surface area (Å²) in [5.41, 5.74) is 2.92. The van der Waals surface area contributed by atoms with Gasteiger partial charge in [0.25, 0.3) is 5.56 Å². The highest BCUT2D eigenvalue weighted by Gasteiger charge is 2.14. The monoisotopic (exact) mass is 416 g/mol. The summed E-state index contributed by atoms with van der Waals surface area (Å²) in [6, 6.07) is 5.81. The Morgan fingerprint density at radius 1 is 1.26 bits per heavy atom. The number of thiophene rings is 1. The van der Waals surface area contributed by atoms with Crippen molar-refractivity contribution in [3.8, 4) is 5.69 Å². The van der Waals surface area contributed by atoms with E-state index in [1.807, 2.05) is 49.7 Å². The normalized spacial score (nSPS) is 11.4. The molecule has 0 aliphatic rings. The quantitative estimate of drug-likeness (QED) is 0.473. The van der Waals surface area contributed by atoms with Gasteiger partial charge in [0.1, 0.15) is 10.7 Å². The molecule has 0 atom stereocenters. The molecule has 3 heterocycles. The third-order valence-electron chi connectivity index (χ3n) is 4.53. The molecule has 5 nitrogen and oxygen atoms in total. The molecule has 0 aliphatic heterocycles. The van der Waals surface area contributed by atoms with Crippen molar-refractivity contribution in [2.24, 2.45) is 0 Å². The van der Waals surface area contributed by atoms with Crippen LogP contribution in [0.4, 0.5) is 0 Å². The van der Waals surface area contributed by atoms with Gasteiger partial charge in [-0.1, -0.05) is 29.4 Å². The topological polar surface area (TPSA) is 63.6 Å². The van der Waals surface area contributed by atoms with E-state index in [9.17, 15) is 4.79 Å². The first-order chi connectivity index (χ1) is 13.0. The second-order valence-corrected chi connectivity index (χ2v) is 8.78. The number of aryl methyl sites for hydroxylation is 2. The predicted octanol–water partition coefficient (Wildman–Crippen LogP) is 5.04. The van der Waals surface area contributed by atoms with E-state index in [4.69, 9.17) is 11.6 Å². The van der Waals surface area contributed by atoms with Crippen LogP contribution in [0.15, 0.2) is 40.5 Å². The van der Waals surface area contributed by atoms with Crippen LogP contribution in [0.2, 0.25) is 5.02 Å². The molecule has 3 aromatic heterocycles. The number of rotatable bonds is 4. The fourth-order valence-electron chi connectivity index (χ4n) is 2.94. The Hall–Kier alpha value is -2.09. The fraction of sp³-hybridized carbons (Fsp3) is 0.211. The molecule has 1 N–H and O–H groups in total. The van der Waals surface area contributed by atoms with Crippen molar-refractivity contribution in [1.29, 1.82) is 0 Å². The van der Waals surface area contributed by atoms with E-state index >= 15 is 0 Å². The molecule has 4 rings (SSSR count). The molecule has 0 aliphatic carbocycles. The number of imidazole rings is 1. The van der Waals surface area contributed by atoms with Gasteiger partial charge in [0.15, 0.2) is 5.16 Å². The summed E-state index contributed by atoms with van der Waals surface area (Å²) >= 11 is 9.34. The van der Waals surface area contributed by atoms with Crippen LogP contribution in [0.1, 0.15) is 21.8 Å². The Kier molecular flexibility index (Phi) is 4.84. The zero-order valence-electron chi connectivity index (χ0n) is 15.0. The molecule has 1 aromatic carbocycles. The molecule has 0 unspecified atom stereocenters. The smallest absolute Gasteiger partial charge is 0.259 e. The summed E-state index contributed by atoms with van der Waals surface area (Å²) < 4.78 is 2.00. The number of fused-ring (bicyclic) bond motifs is 1. The third kappa shape index (κ3) is 3.31. The highest BCUT2D eigenvalue weighted by molar-refractivity contribution is 7.98. The Labute approximate surface area is 169 Å². The summed E-state index contributed by atoms with van der Waals surface area (Å²) in [7, 11) is 0. The molecule has 0 saturated heterocycles. The maximum atomic E-state index is 12.4.